The Morgan fingerprint density at radius 2 is 2.00 bits per heavy atom. The van der Waals surface area contributed by atoms with E-state index in [1.807, 2.05) is 31.2 Å². The van der Waals surface area contributed by atoms with Gasteiger partial charge in [-0.25, -0.2) is 5.48 Å². The number of rotatable bonds is 8. The molecule has 0 bridgehead atoms. The van der Waals surface area contributed by atoms with E-state index in [1.165, 1.54) is 12.1 Å². The molecule has 8 heteroatoms. The highest BCUT2D eigenvalue weighted by molar-refractivity contribution is 5.96. The van der Waals surface area contributed by atoms with Crippen molar-refractivity contribution in [2.45, 2.75) is 6.92 Å². The number of carbonyl (C=O) groups excluding carboxylic acids is 1. The van der Waals surface area contributed by atoms with Crippen LogP contribution in [0.4, 0.5) is 11.7 Å². The molecule has 3 rings (SSSR count). The van der Waals surface area contributed by atoms with Crippen molar-refractivity contribution in [1.82, 2.24) is 10.5 Å². The number of hydroxylamine groups is 1. The number of fused-ring (bicyclic) bond motifs is 1. The second-order valence-corrected chi connectivity index (χ2v) is 5.34. The van der Waals surface area contributed by atoms with Crippen LogP contribution < -0.4 is 15.5 Å². The number of aromatic nitrogens is 1. The summed E-state index contributed by atoms with van der Waals surface area (Å²) in [6, 6.07) is 12.3. The Morgan fingerprint density at radius 3 is 2.73 bits per heavy atom. The predicted octanol–water partition coefficient (Wildman–Crippen LogP) is 3.11. The van der Waals surface area contributed by atoms with Crippen molar-refractivity contribution in [3.05, 3.63) is 48.0 Å². The van der Waals surface area contributed by atoms with Crippen LogP contribution in [0.1, 0.15) is 17.3 Å². The molecule has 0 atom stereocenters. The summed E-state index contributed by atoms with van der Waals surface area (Å²) in [5.41, 5.74) is 3.68. The number of oxazole rings is 1. The first-order chi connectivity index (χ1) is 12.7. The van der Waals surface area contributed by atoms with Crippen molar-refractivity contribution in [2.75, 3.05) is 25.1 Å². The highest BCUT2D eigenvalue weighted by atomic mass is 16.5. The van der Waals surface area contributed by atoms with E-state index < -0.39 is 5.91 Å². The molecule has 0 aliphatic heterocycles. The van der Waals surface area contributed by atoms with E-state index in [9.17, 15) is 4.79 Å². The number of hydrogen-bond acceptors (Lipinski definition) is 7. The zero-order valence-electron chi connectivity index (χ0n) is 14.2. The van der Waals surface area contributed by atoms with Crippen LogP contribution in [0.2, 0.25) is 0 Å². The second-order valence-electron chi connectivity index (χ2n) is 5.34. The molecule has 0 saturated heterocycles. The van der Waals surface area contributed by atoms with Gasteiger partial charge in [-0.3, -0.25) is 10.0 Å². The van der Waals surface area contributed by atoms with E-state index in [0.717, 1.165) is 11.4 Å². The maximum Gasteiger partial charge on any atom is 0.300 e. The van der Waals surface area contributed by atoms with Gasteiger partial charge in [0.1, 0.15) is 17.9 Å². The van der Waals surface area contributed by atoms with Crippen LogP contribution in [-0.2, 0) is 4.74 Å². The van der Waals surface area contributed by atoms with Gasteiger partial charge >= 0.3 is 0 Å². The lowest BCUT2D eigenvalue weighted by Crippen LogP contribution is -2.18. The minimum atomic E-state index is -0.607. The SMILES string of the molecule is CCOCCOc1ccc(Nc2nc3cc(C(=O)NO)ccc3o2)cc1. The molecule has 26 heavy (non-hydrogen) atoms. The van der Waals surface area contributed by atoms with Gasteiger partial charge in [0.2, 0.25) is 0 Å². The van der Waals surface area contributed by atoms with Gasteiger partial charge in [0.05, 0.1) is 6.61 Å². The van der Waals surface area contributed by atoms with Crippen molar-refractivity contribution in [2.24, 2.45) is 0 Å². The van der Waals surface area contributed by atoms with Crippen LogP contribution in [0, 0.1) is 0 Å². The lowest BCUT2D eigenvalue weighted by atomic mass is 10.2. The molecular formula is C18H19N3O5. The monoisotopic (exact) mass is 357 g/mol. The van der Waals surface area contributed by atoms with E-state index in [2.05, 4.69) is 10.3 Å². The fourth-order valence-corrected chi connectivity index (χ4v) is 2.31. The number of ether oxygens (including phenoxy) is 2. The molecule has 0 aliphatic rings. The number of carbonyl (C=O) groups is 1. The number of nitrogens with zero attached hydrogens (tertiary/aromatic N) is 1. The fraction of sp³-hybridized carbons (Fsp3) is 0.222. The van der Waals surface area contributed by atoms with Crippen LogP contribution in [0.25, 0.3) is 11.1 Å². The van der Waals surface area contributed by atoms with E-state index >= 15 is 0 Å². The van der Waals surface area contributed by atoms with Crippen LogP contribution in [0.15, 0.2) is 46.9 Å². The molecule has 3 aromatic rings. The molecule has 1 heterocycles. The van der Waals surface area contributed by atoms with Gasteiger partial charge in [-0.1, -0.05) is 0 Å². The van der Waals surface area contributed by atoms with Crippen molar-refractivity contribution in [3.8, 4) is 5.75 Å². The molecule has 0 aliphatic carbocycles. The third-order valence-corrected chi connectivity index (χ3v) is 3.56. The standard InChI is InChI=1S/C18H19N3O5/c1-2-24-9-10-25-14-6-4-13(5-7-14)19-18-20-15-11-12(17(22)21-23)3-8-16(15)26-18/h3-8,11,23H,2,9-10H2,1H3,(H,19,20)(H,21,22). The first-order valence-corrected chi connectivity index (χ1v) is 8.12. The molecule has 136 valence electrons. The number of anilines is 2. The summed E-state index contributed by atoms with van der Waals surface area (Å²) < 4.78 is 16.4. The lowest BCUT2D eigenvalue weighted by Gasteiger charge is -2.07. The summed E-state index contributed by atoms with van der Waals surface area (Å²) in [6.45, 7) is 3.66. The second kappa shape index (κ2) is 8.32. The van der Waals surface area contributed by atoms with Crippen molar-refractivity contribution < 1.29 is 23.9 Å². The predicted molar refractivity (Wildman–Crippen MR) is 95.0 cm³/mol. The minimum absolute atomic E-state index is 0.286. The zero-order chi connectivity index (χ0) is 18.4. The topological polar surface area (TPSA) is 106 Å². The summed E-state index contributed by atoms with van der Waals surface area (Å²) >= 11 is 0. The summed E-state index contributed by atoms with van der Waals surface area (Å²) in [4.78, 5) is 15.7. The highest BCUT2D eigenvalue weighted by Crippen LogP contribution is 2.24. The Morgan fingerprint density at radius 1 is 1.19 bits per heavy atom. The molecule has 3 N–H and O–H groups in total. The Balaban J connectivity index is 1.65. The summed E-state index contributed by atoms with van der Waals surface area (Å²) in [7, 11) is 0. The Bertz CT molecular complexity index is 876. The smallest absolute Gasteiger partial charge is 0.300 e. The third kappa shape index (κ3) is 4.29. The van der Waals surface area contributed by atoms with Crippen LogP contribution in [-0.4, -0.2) is 35.9 Å². The number of nitrogens with one attached hydrogen (secondary N) is 2. The largest absolute Gasteiger partial charge is 0.491 e. The molecule has 1 amide bonds. The molecule has 0 fully saturated rings. The van der Waals surface area contributed by atoms with Crippen LogP contribution in [0.5, 0.6) is 5.75 Å². The van der Waals surface area contributed by atoms with Crippen molar-refractivity contribution in [1.29, 1.82) is 0 Å². The molecule has 0 saturated carbocycles. The normalized spacial score (nSPS) is 10.7. The maximum atomic E-state index is 11.4. The number of hydrogen-bond donors (Lipinski definition) is 3. The highest BCUT2D eigenvalue weighted by Gasteiger charge is 2.10. The van der Waals surface area contributed by atoms with Crippen molar-refractivity contribution in [3.63, 3.8) is 0 Å². The van der Waals surface area contributed by atoms with Gasteiger partial charge in [0.25, 0.3) is 11.9 Å². The molecule has 1 aromatic heterocycles. The van der Waals surface area contributed by atoms with Gasteiger partial charge in [0, 0.05) is 17.9 Å². The summed E-state index contributed by atoms with van der Waals surface area (Å²) in [5.74, 6) is 0.136. The third-order valence-electron chi connectivity index (χ3n) is 3.56. The Hall–Kier alpha value is -3.10. The Labute approximate surface area is 149 Å². The summed E-state index contributed by atoms with van der Waals surface area (Å²) in [5, 5.41) is 11.7. The quantitative estimate of drug-likeness (QED) is 0.323. The van der Waals surface area contributed by atoms with Gasteiger partial charge in [-0.2, -0.15) is 4.98 Å². The van der Waals surface area contributed by atoms with Gasteiger partial charge in [0.15, 0.2) is 5.58 Å². The Kier molecular flexibility index (Phi) is 5.67. The average Bonchev–Trinajstić information content (AvgIpc) is 3.07. The molecular weight excluding hydrogens is 338 g/mol. The van der Waals surface area contributed by atoms with Gasteiger partial charge < -0.3 is 19.2 Å². The first kappa shape index (κ1) is 17.7. The maximum absolute atomic E-state index is 11.4. The minimum Gasteiger partial charge on any atom is -0.491 e. The molecule has 8 nitrogen and oxygen atoms in total. The van der Waals surface area contributed by atoms with E-state index in [-0.39, 0.29) is 5.56 Å². The summed E-state index contributed by atoms with van der Waals surface area (Å²) in [6.07, 6.45) is 0. The zero-order valence-corrected chi connectivity index (χ0v) is 14.2. The van der Waals surface area contributed by atoms with Crippen LogP contribution in [0.3, 0.4) is 0 Å². The lowest BCUT2D eigenvalue weighted by molar-refractivity contribution is 0.0706. The molecule has 0 unspecified atom stereocenters. The number of benzene rings is 2. The average molecular weight is 357 g/mol. The van der Waals surface area contributed by atoms with Gasteiger partial charge in [-0.15, -0.1) is 0 Å². The van der Waals surface area contributed by atoms with Gasteiger partial charge in [-0.05, 0) is 49.4 Å². The van der Waals surface area contributed by atoms with Crippen molar-refractivity contribution >= 4 is 28.7 Å². The molecule has 0 radical (unpaired) electrons. The van der Waals surface area contributed by atoms with E-state index in [0.29, 0.717) is 36.9 Å². The fourth-order valence-electron chi connectivity index (χ4n) is 2.31. The van der Waals surface area contributed by atoms with E-state index in [4.69, 9.17) is 19.1 Å². The molecule has 2 aromatic carbocycles. The number of amides is 1. The van der Waals surface area contributed by atoms with E-state index in [1.54, 1.807) is 11.5 Å². The van der Waals surface area contributed by atoms with Crippen LogP contribution >= 0.6 is 0 Å². The molecule has 0 spiro atoms. The first-order valence-electron chi connectivity index (χ1n) is 8.12.